The first-order chi connectivity index (χ1) is 13.3. The van der Waals surface area contributed by atoms with Crippen molar-refractivity contribution in [2.75, 3.05) is 0 Å². The van der Waals surface area contributed by atoms with Crippen LogP contribution in [-0.4, -0.2) is 24.9 Å². The Kier molecular flexibility index (Phi) is 4.83. The predicted molar refractivity (Wildman–Crippen MR) is 89.2 cm³/mol. The largest absolute Gasteiger partial charge is 0.480 e. The van der Waals surface area contributed by atoms with Crippen LogP contribution in [0.4, 0.5) is 26.3 Å². The highest BCUT2D eigenvalue weighted by Crippen LogP contribution is 2.37. The van der Waals surface area contributed by atoms with Crippen LogP contribution in [0.2, 0.25) is 0 Å². The number of aromatic nitrogens is 4. The third-order valence-corrected chi connectivity index (χ3v) is 4.29. The highest BCUT2D eigenvalue weighted by molar-refractivity contribution is 5.78. The summed E-state index contributed by atoms with van der Waals surface area (Å²) in [5.41, 5.74) is -3.96. The van der Waals surface area contributed by atoms with Crippen LogP contribution < -0.4 is 5.56 Å². The van der Waals surface area contributed by atoms with Crippen LogP contribution in [0.25, 0.3) is 11.0 Å². The van der Waals surface area contributed by atoms with Gasteiger partial charge < -0.3 is 5.11 Å². The van der Waals surface area contributed by atoms with Crippen molar-refractivity contribution in [1.82, 2.24) is 19.7 Å². The minimum absolute atomic E-state index is 0.229. The molecule has 2 heterocycles. The Morgan fingerprint density at radius 2 is 1.62 bits per heavy atom. The Hall–Kier alpha value is -3.05. The summed E-state index contributed by atoms with van der Waals surface area (Å²) in [6.07, 6.45) is -9.56. The van der Waals surface area contributed by atoms with Gasteiger partial charge in [-0.05, 0) is 23.6 Å². The van der Waals surface area contributed by atoms with Crippen LogP contribution in [0.3, 0.4) is 0 Å². The monoisotopic (exact) mass is 420 g/mol. The van der Waals surface area contributed by atoms with Crippen molar-refractivity contribution in [2.45, 2.75) is 32.2 Å². The first kappa shape index (κ1) is 20.7. The maximum Gasteiger partial charge on any atom is 0.436 e. The topological polar surface area (TPSA) is 83.8 Å². The molecule has 0 saturated carbocycles. The van der Waals surface area contributed by atoms with E-state index in [1.807, 2.05) is 0 Å². The molecule has 0 radical (unpaired) electrons. The number of nitrogens with one attached hydrogen (secondary N) is 1. The van der Waals surface area contributed by atoms with E-state index in [0.29, 0.717) is 0 Å². The highest BCUT2D eigenvalue weighted by atomic mass is 19.4. The van der Waals surface area contributed by atoms with Crippen molar-refractivity contribution in [3.8, 4) is 6.01 Å². The lowest BCUT2D eigenvalue weighted by molar-refractivity contribution is -0.140. The van der Waals surface area contributed by atoms with Gasteiger partial charge in [0.15, 0.2) is 11.3 Å². The Balaban J connectivity index is 2.27. The third kappa shape index (κ3) is 3.78. The summed E-state index contributed by atoms with van der Waals surface area (Å²) in [5, 5.41) is 12.2. The Morgan fingerprint density at radius 1 is 1.03 bits per heavy atom. The average molecular weight is 420 g/mol. The Labute approximate surface area is 158 Å². The third-order valence-electron chi connectivity index (χ3n) is 4.29. The molecule has 0 aliphatic rings. The molecule has 3 rings (SSSR count). The fourth-order valence-corrected chi connectivity index (χ4v) is 3.10. The molecule has 0 spiro atoms. The first-order valence-electron chi connectivity index (χ1n) is 8.26. The second kappa shape index (κ2) is 6.78. The van der Waals surface area contributed by atoms with Gasteiger partial charge in [-0.15, -0.1) is 0 Å². The lowest BCUT2D eigenvalue weighted by Gasteiger charge is -2.23. The molecule has 156 valence electrons. The summed E-state index contributed by atoms with van der Waals surface area (Å²) in [6.45, 7) is 3.24. The highest BCUT2D eigenvalue weighted by Gasteiger charge is 2.40. The molecule has 0 amide bonds. The molecule has 3 aromatic rings. The summed E-state index contributed by atoms with van der Waals surface area (Å²) in [5.74, 6) is -0.445. The van der Waals surface area contributed by atoms with E-state index < -0.39 is 58.2 Å². The number of nitrogens with zero attached hydrogens (tertiary/aromatic N) is 3. The van der Waals surface area contributed by atoms with E-state index in [1.54, 1.807) is 18.8 Å². The normalized spacial score (nSPS) is 14.0. The van der Waals surface area contributed by atoms with Crippen LogP contribution in [0, 0.1) is 5.92 Å². The van der Waals surface area contributed by atoms with E-state index in [1.165, 1.54) is 0 Å². The van der Waals surface area contributed by atoms with Crippen molar-refractivity contribution < 1.29 is 31.4 Å². The average Bonchev–Trinajstić information content (AvgIpc) is 2.94. The molecular formula is C17H14F6N4O2. The maximum atomic E-state index is 13.4. The van der Waals surface area contributed by atoms with E-state index in [0.717, 1.165) is 28.9 Å². The number of rotatable bonds is 3. The van der Waals surface area contributed by atoms with E-state index in [9.17, 15) is 36.2 Å². The predicted octanol–water partition coefficient (Wildman–Crippen LogP) is 4.11. The molecule has 1 atom stereocenters. The van der Waals surface area contributed by atoms with Crippen LogP contribution in [0.1, 0.15) is 36.7 Å². The van der Waals surface area contributed by atoms with Gasteiger partial charge in [0.25, 0.3) is 11.6 Å². The number of H-pyrrole nitrogens is 1. The van der Waals surface area contributed by atoms with Crippen molar-refractivity contribution in [3.05, 3.63) is 51.4 Å². The molecule has 29 heavy (non-hydrogen) atoms. The molecule has 1 aromatic carbocycles. The number of aromatic amines is 1. The lowest BCUT2D eigenvalue weighted by Crippen LogP contribution is -2.20. The van der Waals surface area contributed by atoms with Gasteiger partial charge >= 0.3 is 12.4 Å². The Morgan fingerprint density at radius 3 is 2.10 bits per heavy atom. The minimum Gasteiger partial charge on any atom is -0.480 e. The van der Waals surface area contributed by atoms with Crippen molar-refractivity contribution in [1.29, 1.82) is 0 Å². The molecule has 2 N–H and O–H groups in total. The summed E-state index contributed by atoms with van der Waals surface area (Å²) in [7, 11) is 0. The van der Waals surface area contributed by atoms with Crippen LogP contribution >= 0.6 is 0 Å². The van der Waals surface area contributed by atoms with Gasteiger partial charge in [0.2, 0.25) is 0 Å². The van der Waals surface area contributed by atoms with Crippen LogP contribution in [-0.2, 0) is 12.4 Å². The van der Waals surface area contributed by atoms with E-state index >= 15 is 0 Å². The molecule has 0 bridgehead atoms. The van der Waals surface area contributed by atoms with Gasteiger partial charge in [-0.3, -0.25) is 9.78 Å². The molecular weight excluding hydrogens is 406 g/mol. The summed E-state index contributed by atoms with van der Waals surface area (Å²) >= 11 is 0. The van der Waals surface area contributed by atoms with Gasteiger partial charge in [-0.1, -0.05) is 26.0 Å². The zero-order valence-electron chi connectivity index (χ0n) is 14.9. The molecule has 2 aromatic heterocycles. The van der Waals surface area contributed by atoms with E-state index in [-0.39, 0.29) is 5.56 Å². The SMILES string of the molecule is CC(C)[C@H](c1ccc(C(F)(F)F)cc1)n1nc(C(F)(F)F)c2c(=O)[nH]c(O)nc21. The van der Waals surface area contributed by atoms with Gasteiger partial charge in [-0.25, -0.2) is 4.68 Å². The molecule has 0 fully saturated rings. The number of alkyl halides is 6. The van der Waals surface area contributed by atoms with Crippen molar-refractivity contribution >= 4 is 11.0 Å². The number of benzene rings is 1. The maximum absolute atomic E-state index is 13.4. The second-order valence-corrected chi connectivity index (χ2v) is 6.69. The number of halogens is 6. The molecule has 0 aliphatic carbocycles. The zero-order valence-corrected chi connectivity index (χ0v) is 14.9. The molecule has 0 saturated heterocycles. The quantitative estimate of drug-likeness (QED) is 0.625. The van der Waals surface area contributed by atoms with Gasteiger partial charge in [0.1, 0.15) is 5.39 Å². The summed E-state index contributed by atoms with van der Waals surface area (Å²) in [4.78, 5) is 17.4. The van der Waals surface area contributed by atoms with Crippen LogP contribution in [0.5, 0.6) is 6.01 Å². The standard InChI is InChI=1S/C17H14F6N4O2/c1-7(2)11(8-3-5-9(6-4-8)16(18,19)20)27-13-10(12(26-27)17(21,22)23)14(28)25-15(29)24-13/h3-7,11H,1-2H3,(H2,24,25,28,29)/t11-/m1/s1. The molecule has 0 unspecified atom stereocenters. The van der Waals surface area contributed by atoms with Crippen LogP contribution in [0.15, 0.2) is 29.1 Å². The number of hydrogen-bond acceptors (Lipinski definition) is 4. The lowest BCUT2D eigenvalue weighted by atomic mass is 9.95. The smallest absolute Gasteiger partial charge is 0.436 e. The molecule has 6 nitrogen and oxygen atoms in total. The van der Waals surface area contributed by atoms with Crippen molar-refractivity contribution in [3.63, 3.8) is 0 Å². The van der Waals surface area contributed by atoms with Gasteiger partial charge in [-0.2, -0.15) is 36.4 Å². The number of fused-ring (bicyclic) bond motifs is 1. The summed E-state index contributed by atoms with van der Waals surface area (Å²) in [6, 6.07) is 1.97. The van der Waals surface area contributed by atoms with Gasteiger partial charge in [0.05, 0.1) is 11.6 Å². The van der Waals surface area contributed by atoms with Gasteiger partial charge in [0, 0.05) is 0 Å². The Bertz CT molecular complexity index is 1100. The zero-order chi connectivity index (χ0) is 21.7. The number of aromatic hydroxyl groups is 1. The minimum atomic E-state index is -4.99. The first-order valence-corrected chi connectivity index (χ1v) is 8.26. The van der Waals surface area contributed by atoms with E-state index in [2.05, 4.69) is 10.1 Å². The van der Waals surface area contributed by atoms with E-state index in [4.69, 9.17) is 0 Å². The second-order valence-electron chi connectivity index (χ2n) is 6.69. The number of hydrogen-bond donors (Lipinski definition) is 2. The van der Waals surface area contributed by atoms with Crippen molar-refractivity contribution in [2.24, 2.45) is 5.92 Å². The summed E-state index contributed by atoms with van der Waals surface area (Å²) < 4.78 is 79.5. The molecule has 0 aliphatic heterocycles. The fraction of sp³-hybridized carbons (Fsp3) is 0.353. The fourth-order valence-electron chi connectivity index (χ4n) is 3.10. The molecule has 12 heteroatoms.